The van der Waals surface area contributed by atoms with Crippen molar-refractivity contribution >= 4 is 5.97 Å². The molecule has 4 heteroatoms. The highest BCUT2D eigenvalue weighted by atomic mass is 16.7. The van der Waals surface area contributed by atoms with E-state index in [-0.39, 0.29) is 29.3 Å². The minimum atomic E-state index is -1.32. The van der Waals surface area contributed by atoms with Gasteiger partial charge >= 0.3 is 5.97 Å². The van der Waals surface area contributed by atoms with Crippen molar-refractivity contribution in [1.29, 1.82) is 0 Å². The van der Waals surface area contributed by atoms with Crippen LogP contribution < -0.4 is 0 Å². The molecule has 3 aliphatic carbocycles. The van der Waals surface area contributed by atoms with Gasteiger partial charge in [0.25, 0.3) is 0 Å². The Morgan fingerprint density at radius 1 is 1.29 bits per heavy atom. The molecule has 4 rings (SSSR count). The Morgan fingerprint density at radius 2 is 2.00 bits per heavy atom. The first-order valence-electron chi connectivity index (χ1n) is 9.23. The molecule has 1 saturated carbocycles. The van der Waals surface area contributed by atoms with Gasteiger partial charge in [-0.15, -0.1) is 0 Å². The maximum Gasteiger partial charge on any atom is 0.336 e. The van der Waals surface area contributed by atoms with Crippen LogP contribution in [0.5, 0.6) is 0 Å². The van der Waals surface area contributed by atoms with Crippen molar-refractivity contribution in [2.24, 2.45) is 29.1 Å². The summed E-state index contributed by atoms with van der Waals surface area (Å²) in [6, 6.07) is 0. The Morgan fingerprint density at radius 3 is 2.67 bits per heavy atom. The molecule has 6 unspecified atom stereocenters. The van der Waals surface area contributed by atoms with E-state index in [1.807, 2.05) is 6.08 Å². The van der Waals surface area contributed by atoms with Gasteiger partial charge in [-0.3, -0.25) is 0 Å². The molecule has 1 heterocycles. The van der Waals surface area contributed by atoms with Crippen LogP contribution in [0.1, 0.15) is 53.4 Å². The fourth-order valence-electron chi connectivity index (χ4n) is 6.10. The molecule has 4 nitrogen and oxygen atoms in total. The smallest absolute Gasteiger partial charge is 0.336 e. The van der Waals surface area contributed by atoms with Crippen LogP contribution in [0.2, 0.25) is 0 Å². The largest absolute Gasteiger partial charge is 0.429 e. The fourth-order valence-corrected chi connectivity index (χ4v) is 6.10. The summed E-state index contributed by atoms with van der Waals surface area (Å²) >= 11 is 0. The van der Waals surface area contributed by atoms with E-state index in [1.54, 1.807) is 0 Å². The Bertz CT molecular complexity index is 661. The molecule has 0 bridgehead atoms. The van der Waals surface area contributed by atoms with Gasteiger partial charge in [0.15, 0.2) is 0 Å². The molecule has 2 fully saturated rings. The number of hydrogen-bond acceptors (Lipinski definition) is 4. The van der Waals surface area contributed by atoms with E-state index in [0.717, 1.165) is 18.4 Å². The Hall–Kier alpha value is -1.13. The van der Waals surface area contributed by atoms with Crippen molar-refractivity contribution in [2.75, 3.05) is 0 Å². The third kappa shape index (κ3) is 2.02. The van der Waals surface area contributed by atoms with Gasteiger partial charge in [0, 0.05) is 12.0 Å². The van der Waals surface area contributed by atoms with E-state index in [1.165, 1.54) is 5.57 Å². The van der Waals surface area contributed by atoms with Gasteiger partial charge in [0.2, 0.25) is 5.79 Å². The van der Waals surface area contributed by atoms with Gasteiger partial charge in [0.05, 0.1) is 12.0 Å². The summed E-state index contributed by atoms with van der Waals surface area (Å²) in [7, 11) is 0. The molecular weight excluding hydrogens is 304 g/mol. The quantitative estimate of drug-likeness (QED) is 0.572. The lowest BCUT2D eigenvalue weighted by Gasteiger charge is -2.36. The normalized spacial score (nSPS) is 47.3. The van der Waals surface area contributed by atoms with Gasteiger partial charge in [-0.25, -0.2) is 4.79 Å². The van der Waals surface area contributed by atoms with Crippen molar-refractivity contribution in [2.45, 2.75) is 65.3 Å². The minimum absolute atomic E-state index is 0.0587. The van der Waals surface area contributed by atoms with E-state index in [4.69, 9.17) is 4.74 Å². The van der Waals surface area contributed by atoms with Crippen molar-refractivity contribution < 1.29 is 19.7 Å². The van der Waals surface area contributed by atoms with E-state index in [9.17, 15) is 15.0 Å². The standard InChI is InChI=1S/C20H28O4/c1-10(2)16-14-6-5-12-17-13(8-19(14,4)9-15(16)21)11(3)7-20(17,23)24-18(12)22/h5,10-11,13,15,17,21,23H,6-9H2,1-4H3. The highest BCUT2D eigenvalue weighted by molar-refractivity contribution is 5.92. The summed E-state index contributed by atoms with van der Waals surface area (Å²) in [5.74, 6) is -1.06. The Balaban J connectivity index is 1.85. The molecule has 0 aromatic rings. The average Bonchev–Trinajstić information content (AvgIpc) is 2.91. The SMILES string of the molecule is CC(C)C1=C2CC=C3C(=O)OC4(O)CC(C)C(CC2(C)CC1O)C34. The second-order valence-electron chi connectivity index (χ2n) is 8.99. The first-order valence-corrected chi connectivity index (χ1v) is 9.23. The first-order chi connectivity index (χ1) is 11.2. The van der Waals surface area contributed by atoms with Gasteiger partial charge in [-0.05, 0) is 48.0 Å². The zero-order chi connectivity index (χ0) is 17.4. The average molecular weight is 332 g/mol. The number of fused-ring (bicyclic) bond motifs is 1. The van der Waals surface area contributed by atoms with Crippen molar-refractivity contribution in [3.8, 4) is 0 Å². The summed E-state index contributed by atoms with van der Waals surface area (Å²) in [5, 5.41) is 21.5. The van der Waals surface area contributed by atoms with Gasteiger partial charge in [-0.2, -0.15) is 0 Å². The number of allylic oxidation sites excluding steroid dienone is 2. The summed E-state index contributed by atoms with van der Waals surface area (Å²) in [6.45, 7) is 8.66. The monoisotopic (exact) mass is 332 g/mol. The van der Waals surface area contributed by atoms with E-state index >= 15 is 0 Å². The van der Waals surface area contributed by atoms with Crippen LogP contribution in [0.4, 0.5) is 0 Å². The van der Waals surface area contributed by atoms with Crippen LogP contribution >= 0.6 is 0 Å². The lowest BCUT2D eigenvalue weighted by Crippen LogP contribution is -2.34. The second kappa shape index (κ2) is 4.95. The molecule has 1 saturated heterocycles. The predicted molar refractivity (Wildman–Crippen MR) is 89.7 cm³/mol. The molecule has 0 spiro atoms. The highest BCUT2D eigenvalue weighted by Crippen LogP contribution is 2.61. The molecule has 0 radical (unpaired) electrons. The summed E-state index contributed by atoms with van der Waals surface area (Å²) in [4.78, 5) is 12.3. The van der Waals surface area contributed by atoms with Crippen LogP contribution in [-0.2, 0) is 9.53 Å². The van der Waals surface area contributed by atoms with Gasteiger partial charge in [0.1, 0.15) is 0 Å². The van der Waals surface area contributed by atoms with E-state index < -0.39 is 5.79 Å². The number of aliphatic hydroxyl groups is 2. The van der Waals surface area contributed by atoms with Crippen molar-refractivity contribution in [1.82, 2.24) is 0 Å². The topological polar surface area (TPSA) is 66.8 Å². The molecule has 0 aromatic carbocycles. The zero-order valence-corrected chi connectivity index (χ0v) is 15.0. The van der Waals surface area contributed by atoms with Crippen LogP contribution in [0, 0.1) is 29.1 Å². The number of carbonyl (C=O) groups is 1. The number of aliphatic hydroxyl groups excluding tert-OH is 1. The zero-order valence-electron chi connectivity index (χ0n) is 15.0. The predicted octanol–water partition coefficient (Wildman–Crippen LogP) is 2.95. The number of ether oxygens (including phenoxy) is 1. The number of esters is 1. The summed E-state index contributed by atoms with van der Waals surface area (Å²) in [5.41, 5.74) is 3.06. The van der Waals surface area contributed by atoms with Crippen LogP contribution in [0.3, 0.4) is 0 Å². The Kier molecular flexibility index (Phi) is 3.37. The molecule has 24 heavy (non-hydrogen) atoms. The van der Waals surface area contributed by atoms with E-state index in [2.05, 4.69) is 27.7 Å². The van der Waals surface area contributed by atoms with E-state index in [0.29, 0.717) is 30.3 Å². The lowest BCUT2D eigenvalue weighted by atomic mass is 9.67. The maximum atomic E-state index is 12.3. The third-order valence-corrected chi connectivity index (χ3v) is 7.01. The molecule has 132 valence electrons. The third-order valence-electron chi connectivity index (χ3n) is 7.01. The fraction of sp³-hybridized carbons (Fsp3) is 0.750. The van der Waals surface area contributed by atoms with Crippen LogP contribution in [-0.4, -0.2) is 28.1 Å². The van der Waals surface area contributed by atoms with Gasteiger partial charge < -0.3 is 14.9 Å². The molecule has 1 aliphatic heterocycles. The maximum absolute atomic E-state index is 12.3. The summed E-state index contributed by atoms with van der Waals surface area (Å²) < 4.78 is 5.40. The van der Waals surface area contributed by atoms with Crippen LogP contribution in [0.25, 0.3) is 0 Å². The number of hydrogen-bond donors (Lipinski definition) is 2. The number of carbonyl (C=O) groups excluding carboxylic acids is 1. The second-order valence-corrected chi connectivity index (χ2v) is 8.99. The molecule has 0 aromatic heterocycles. The minimum Gasteiger partial charge on any atom is -0.429 e. The molecule has 2 N–H and O–H groups in total. The van der Waals surface area contributed by atoms with Crippen molar-refractivity contribution in [3.63, 3.8) is 0 Å². The molecule has 0 amide bonds. The first kappa shape index (κ1) is 16.3. The molecular formula is C20H28O4. The molecule has 6 atom stereocenters. The number of rotatable bonds is 1. The highest BCUT2D eigenvalue weighted by Gasteiger charge is 2.63. The summed E-state index contributed by atoms with van der Waals surface area (Å²) in [6.07, 6.45) is 4.44. The molecule has 4 aliphatic rings. The van der Waals surface area contributed by atoms with Crippen LogP contribution in [0.15, 0.2) is 22.8 Å². The lowest BCUT2D eigenvalue weighted by molar-refractivity contribution is -0.196. The van der Waals surface area contributed by atoms with Gasteiger partial charge in [-0.1, -0.05) is 39.3 Å². The Labute approximate surface area is 143 Å². The van der Waals surface area contributed by atoms with Crippen molar-refractivity contribution in [3.05, 3.63) is 22.8 Å².